The third-order valence-electron chi connectivity index (χ3n) is 3.39. The van der Waals surface area contributed by atoms with E-state index in [1.807, 2.05) is 13.8 Å². The smallest absolute Gasteiger partial charge is 0.340 e. The number of nitrogens with zero attached hydrogens (tertiary/aromatic N) is 1. The van der Waals surface area contributed by atoms with Crippen LogP contribution in [0.4, 0.5) is 4.79 Å². The summed E-state index contributed by atoms with van der Waals surface area (Å²) in [6, 6.07) is 1.73. The van der Waals surface area contributed by atoms with Gasteiger partial charge in [-0.25, -0.2) is 4.79 Å². The average Bonchev–Trinajstić information content (AvgIpc) is 3.02. The normalized spacial score (nSPS) is 15.5. The van der Waals surface area contributed by atoms with Crippen LogP contribution in [0.15, 0.2) is 6.07 Å². The lowest BCUT2D eigenvalue weighted by molar-refractivity contribution is -0.130. The number of amides is 3. The molecule has 9 heteroatoms. The Morgan fingerprint density at radius 3 is 2.62 bits per heavy atom. The maximum atomic E-state index is 12.1. The van der Waals surface area contributed by atoms with Gasteiger partial charge in [-0.05, 0) is 26.8 Å². The van der Waals surface area contributed by atoms with Gasteiger partial charge in [0.15, 0.2) is 6.10 Å². The zero-order valence-corrected chi connectivity index (χ0v) is 15.2. The highest BCUT2D eigenvalue weighted by Crippen LogP contribution is 2.21. The van der Waals surface area contributed by atoms with Crippen LogP contribution in [-0.2, 0) is 14.3 Å². The molecule has 0 aliphatic carbocycles. The molecule has 1 atom stereocenters. The molecular formula is C15H18N2O5S2. The number of aryl methyl sites for hydroxylation is 2. The molecule has 24 heavy (non-hydrogen) atoms. The maximum absolute atomic E-state index is 12.1. The van der Waals surface area contributed by atoms with Crippen molar-refractivity contribution in [3.63, 3.8) is 0 Å². The van der Waals surface area contributed by atoms with Crippen LogP contribution < -0.4 is 5.32 Å². The van der Waals surface area contributed by atoms with Gasteiger partial charge >= 0.3 is 5.97 Å². The summed E-state index contributed by atoms with van der Waals surface area (Å²) in [6.45, 7) is 5.42. The average molecular weight is 370 g/mol. The number of imide groups is 1. The molecule has 1 aliphatic rings. The van der Waals surface area contributed by atoms with Gasteiger partial charge in [-0.2, -0.15) is 0 Å². The molecule has 1 fully saturated rings. The third kappa shape index (κ3) is 4.35. The Hall–Kier alpha value is -1.87. The first kappa shape index (κ1) is 18.5. The first-order valence-electron chi connectivity index (χ1n) is 7.32. The van der Waals surface area contributed by atoms with E-state index in [0.717, 1.165) is 26.4 Å². The summed E-state index contributed by atoms with van der Waals surface area (Å²) in [6.07, 6.45) is -0.962. The van der Waals surface area contributed by atoms with Gasteiger partial charge in [0, 0.05) is 22.8 Å². The molecule has 1 N–H and O–H groups in total. The molecule has 0 bridgehead atoms. The van der Waals surface area contributed by atoms with Gasteiger partial charge < -0.3 is 10.1 Å². The van der Waals surface area contributed by atoms with Gasteiger partial charge in [-0.15, -0.1) is 11.3 Å². The minimum atomic E-state index is -0.962. The molecule has 1 aromatic heterocycles. The number of hydrogen-bond acceptors (Lipinski definition) is 7. The Labute approximate surface area is 147 Å². The minimum absolute atomic E-state index is 0.111. The molecule has 2 rings (SSSR count). The van der Waals surface area contributed by atoms with Crippen LogP contribution in [0.25, 0.3) is 0 Å². The molecule has 2 heterocycles. The number of carbonyl (C=O) groups excluding carboxylic acids is 4. The van der Waals surface area contributed by atoms with E-state index in [9.17, 15) is 19.2 Å². The van der Waals surface area contributed by atoms with E-state index in [1.54, 1.807) is 6.07 Å². The molecule has 1 aliphatic heterocycles. The number of thiophene rings is 1. The topological polar surface area (TPSA) is 92.8 Å². The van der Waals surface area contributed by atoms with Crippen molar-refractivity contribution in [3.8, 4) is 0 Å². The highest BCUT2D eigenvalue weighted by Gasteiger charge is 2.29. The second-order valence-corrected chi connectivity index (χ2v) is 7.65. The molecule has 0 aromatic carbocycles. The highest BCUT2D eigenvalue weighted by molar-refractivity contribution is 8.14. The SMILES string of the molecule is Cc1cc(C(=O)O[C@@H](C)C(=O)NCCN2C(=O)CSC2=O)c(C)s1. The summed E-state index contributed by atoms with van der Waals surface area (Å²) in [5, 5.41) is 2.25. The fourth-order valence-corrected chi connectivity index (χ4v) is 3.81. The van der Waals surface area contributed by atoms with E-state index >= 15 is 0 Å². The molecule has 0 unspecified atom stereocenters. The van der Waals surface area contributed by atoms with E-state index < -0.39 is 18.0 Å². The molecule has 1 saturated heterocycles. The summed E-state index contributed by atoms with van der Waals surface area (Å²) in [7, 11) is 0. The maximum Gasteiger partial charge on any atom is 0.340 e. The van der Waals surface area contributed by atoms with Gasteiger partial charge in [0.25, 0.3) is 11.1 Å². The van der Waals surface area contributed by atoms with Gasteiger partial charge in [-0.3, -0.25) is 19.3 Å². The highest BCUT2D eigenvalue weighted by atomic mass is 32.2. The first-order chi connectivity index (χ1) is 11.3. The summed E-state index contributed by atoms with van der Waals surface area (Å²) in [4.78, 5) is 49.8. The Kier molecular flexibility index (Phi) is 6.00. The van der Waals surface area contributed by atoms with E-state index in [4.69, 9.17) is 4.74 Å². The molecular weight excluding hydrogens is 352 g/mol. The second-order valence-electron chi connectivity index (χ2n) is 5.27. The van der Waals surface area contributed by atoms with Crippen molar-refractivity contribution in [1.82, 2.24) is 10.2 Å². The number of nitrogens with one attached hydrogen (secondary N) is 1. The molecule has 1 aromatic rings. The number of ether oxygens (including phenoxy) is 1. The summed E-state index contributed by atoms with van der Waals surface area (Å²) in [5.41, 5.74) is 0.461. The molecule has 130 valence electrons. The van der Waals surface area contributed by atoms with Crippen molar-refractivity contribution < 1.29 is 23.9 Å². The van der Waals surface area contributed by atoms with Crippen molar-refractivity contribution in [2.75, 3.05) is 18.8 Å². The Morgan fingerprint density at radius 1 is 1.38 bits per heavy atom. The van der Waals surface area contributed by atoms with Crippen LogP contribution in [0.2, 0.25) is 0 Å². The summed E-state index contributed by atoms with van der Waals surface area (Å²) >= 11 is 2.43. The van der Waals surface area contributed by atoms with Crippen LogP contribution in [0.1, 0.15) is 27.0 Å². The predicted octanol–water partition coefficient (Wildman–Crippen LogP) is 1.72. The lowest BCUT2D eigenvalue weighted by Crippen LogP contribution is -2.41. The zero-order valence-electron chi connectivity index (χ0n) is 13.6. The van der Waals surface area contributed by atoms with Gasteiger partial charge in [0.05, 0.1) is 11.3 Å². The van der Waals surface area contributed by atoms with Crippen molar-refractivity contribution in [1.29, 1.82) is 0 Å². The minimum Gasteiger partial charge on any atom is -0.449 e. The monoisotopic (exact) mass is 370 g/mol. The van der Waals surface area contributed by atoms with Crippen LogP contribution in [-0.4, -0.2) is 52.9 Å². The largest absolute Gasteiger partial charge is 0.449 e. The number of thioether (sulfide) groups is 1. The van der Waals surface area contributed by atoms with Crippen molar-refractivity contribution in [3.05, 3.63) is 21.4 Å². The number of carbonyl (C=O) groups is 4. The quantitative estimate of drug-likeness (QED) is 0.767. The van der Waals surface area contributed by atoms with Gasteiger partial charge in [0.1, 0.15) is 0 Å². The van der Waals surface area contributed by atoms with Crippen LogP contribution in [0.3, 0.4) is 0 Å². The number of esters is 1. The lowest BCUT2D eigenvalue weighted by atomic mass is 10.2. The van der Waals surface area contributed by atoms with E-state index in [0.29, 0.717) is 5.56 Å². The molecule has 7 nitrogen and oxygen atoms in total. The van der Waals surface area contributed by atoms with Gasteiger partial charge in [0.2, 0.25) is 5.91 Å². The van der Waals surface area contributed by atoms with Crippen LogP contribution in [0.5, 0.6) is 0 Å². The van der Waals surface area contributed by atoms with Crippen molar-refractivity contribution in [2.45, 2.75) is 26.9 Å². The molecule has 0 radical (unpaired) electrons. The zero-order chi connectivity index (χ0) is 17.9. The summed E-state index contributed by atoms with van der Waals surface area (Å²) < 4.78 is 5.16. The number of rotatable bonds is 6. The van der Waals surface area contributed by atoms with Crippen molar-refractivity contribution in [2.24, 2.45) is 0 Å². The molecule has 0 spiro atoms. The van der Waals surface area contributed by atoms with Crippen LogP contribution >= 0.6 is 23.1 Å². The predicted molar refractivity (Wildman–Crippen MR) is 91.2 cm³/mol. The summed E-state index contributed by atoms with van der Waals surface area (Å²) in [5.74, 6) is -1.14. The fourth-order valence-electron chi connectivity index (χ4n) is 2.14. The van der Waals surface area contributed by atoms with E-state index in [1.165, 1.54) is 18.3 Å². The molecule has 3 amide bonds. The van der Waals surface area contributed by atoms with Crippen molar-refractivity contribution >= 4 is 46.1 Å². The fraction of sp³-hybridized carbons (Fsp3) is 0.467. The standard InChI is InChI=1S/C15H18N2O5S2/c1-8-6-11(10(3)24-8)14(20)22-9(2)13(19)16-4-5-17-12(18)7-23-15(17)21/h6,9H,4-5,7H2,1-3H3,(H,16,19)/t9-/m0/s1. The van der Waals surface area contributed by atoms with E-state index in [2.05, 4.69) is 5.32 Å². The Morgan fingerprint density at radius 2 is 2.08 bits per heavy atom. The third-order valence-corrected chi connectivity index (χ3v) is 5.21. The Bertz CT molecular complexity index is 669. The Balaban J connectivity index is 1.80. The lowest BCUT2D eigenvalue weighted by Gasteiger charge is -2.16. The van der Waals surface area contributed by atoms with E-state index in [-0.39, 0.29) is 30.0 Å². The van der Waals surface area contributed by atoms with Crippen LogP contribution in [0, 0.1) is 13.8 Å². The number of hydrogen-bond donors (Lipinski definition) is 1. The second kappa shape index (κ2) is 7.80. The molecule has 0 saturated carbocycles. The van der Waals surface area contributed by atoms with Gasteiger partial charge in [-0.1, -0.05) is 11.8 Å². The first-order valence-corrected chi connectivity index (χ1v) is 9.12.